The van der Waals surface area contributed by atoms with Gasteiger partial charge in [-0.15, -0.1) is 0 Å². The Morgan fingerprint density at radius 2 is 2.12 bits per heavy atom. The molecule has 3 heterocycles. The van der Waals surface area contributed by atoms with Gasteiger partial charge in [0.1, 0.15) is 0 Å². The van der Waals surface area contributed by atoms with Gasteiger partial charge in [-0.25, -0.2) is 4.98 Å². The van der Waals surface area contributed by atoms with E-state index >= 15 is 0 Å². The summed E-state index contributed by atoms with van der Waals surface area (Å²) in [5.74, 6) is -0.404. The molecule has 3 nitrogen and oxygen atoms in total. The van der Waals surface area contributed by atoms with Crippen molar-refractivity contribution in [2.45, 2.75) is 31.3 Å². The molecule has 0 aliphatic carbocycles. The van der Waals surface area contributed by atoms with Gasteiger partial charge in [-0.3, -0.25) is 0 Å². The Labute approximate surface area is 94.7 Å². The van der Waals surface area contributed by atoms with Gasteiger partial charge in [0.2, 0.25) is 5.95 Å². The van der Waals surface area contributed by atoms with Gasteiger partial charge in [-0.05, 0) is 31.4 Å². The van der Waals surface area contributed by atoms with Crippen molar-refractivity contribution in [1.82, 2.24) is 10.3 Å². The average Bonchev–Trinajstić information content (AvgIpc) is 2.60. The van der Waals surface area contributed by atoms with E-state index in [0.717, 1.165) is 18.8 Å². The number of hydrogen-bond donors (Lipinski definition) is 1. The molecule has 0 saturated carbocycles. The van der Waals surface area contributed by atoms with E-state index in [1.807, 2.05) is 6.07 Å². The molecule has 2 aliphatic heterocycles. The van der Waals surface area contributed by atoms with Gasteiger partial charge in [0.25, 0.3) is 0 Å². The summed E-state index contributed by atoms with van der Waals surface area (Å²) in [6, 6.07) is 4.54. The van der Waals surface area contributed by atoms with E-state index in [4.69, 9.17) is 0 Å². The predicted octanol–water partition coefficient (Wildman–Crippen LogP) is 1.55. The van der Waals surface area contributed by atoms with E-state index in [-0.39, 0.29) is 0 Å². The van der Waals surface area contributed by atoms with E-state index in [0.29, 0.717) is 12.1 Å². The normalized spacial score (nSPS) is 29.2. The maximum Gasteiger partial charge on any atom is 0.212 e. The lowest BCUT2D eigenvalue weighted by atomic mass is 10.1. The summed E-state index contributed by atoms with van der Waals surface area (Å²) in [5, 5.41) is 3.63. The molecule has 0 radical (unpaired) electrons. The molecule has 2 fully saturated rings. The summed E-state index contributed by atoms with van der Waals surface area (Å²) in [6.45, 7) is 2.06. The average molecular weight is 221 g/mol. The minimum atomic E-state index is -0.404. The molecule has 2 atom stereocenters. The van der Waals surface area contributed by atoms with Gasteiger partial charge in [0.15, 0.2) is 0 Å². The summed E-state index contributed by atoms with van der Waals surface area (Å²) in [6.07, 6.45) is 5.37. The Balaban J connectivity index is 1.77. The van der Waals surface area contributed by atoms with Crippen LogP contribution in [0.5, 0.6) is 0 Å². The van der Waals surface area contributed by atoms with Gasteiger partial charge < -0.3 is 10.2 Å². The summed E-state index contributed by atoms with van der Waals surface area (Å²) < 4.78 is 12.7. The fraction of sp³-hybridized carbons (Fsp3) is 0.583. The van der Waals surface area contributed by atoms with Crippen LogP contribution in [-0.4, -0.2) is 30.2 Å². The topological polar surface area (TPSA) is 28.2 Å². The summed E-state index contributed by atoms with van der Waals surface area (Å²) in [4.78, 5) is 6.03. The van der Waals surface area contributed by atoms with Crippen molar-refractivity contribution in [2.75, 3.05) is 18.0 Å². The van der Waals surface area contributed by atoms with E-state index in [1.165, 1.54) is 25.3 Å². The van der Waals surface area contributed by atoms with Crippen LogP contribution in [0.25, 0.3) is 0 Å². The Morgan fingerprint density at radius 3 is 2.94 bits per heavy atom. The smallest absolute Gasteiger partial charge is 0.212 e. The van der Waals surface area contributed by atoms with Crippen LogP contribution in [0.4, 0.5) is 10.1 Å². The second-order valence-electron chi connectivity index (χ2n) is 4.71. The largest absolute Gasteiger partial charge is 0.369 e. The molecule has 1 N–H and O–H groups in total. The first-order valence-electron chi connectivity index (χ1n) is 5.94. The predicted molar refractivity (Wildman–Crippen MR) is 61.0 cm³/mol. The first kappa shape index (κ1) is 10.0. The molecular weight excluding hydrogens is 205 g/mol. The molecule has 4 heteroatoms. The van der Waals surface area contributed by atoms with Crippen molar-refractivity contribution in [2.24, 2.45) is 0 Å². The van der Waals surface area contributed by atoms with Gasteiger partial charge >= 0.3 is 0 Å². The second kappa shape index (κ2) is 4.01. The highest BCUT2D eigenvalue weighted by molar-refractivity contribution is 5.44. The summed E-state index contributed by atoms with van der Waals surface area (Å²) in [7, 11) is 0. The minimum Gasteiger partial charge on any atom is -0.369 e. The molecule has 2 saturated heterocycles. The van der Waals surface area contributed by atoms with Crippen LogP contribution < -0.4 is 10.2 Å². The van der Waals surface area contributed by atoms with Crippen LogP contribution in [0.1, 0.15) is 19.3 Å². The third-order valence-electron chi connectivity index (χ3n) is 3.60. The first-order chi connectivity index (χ1) is 7.81. The third-order valence-corrected chi connectivity index (χ3v) is 3.60. The maximum absolute atomic E-state index is 12.7. The number of nitrogens with one attached hydrogen (secondary N) is 1. The van der Waals surface area contributed by atoms with E-state index in [1.54, 1.807) is 6.20 Å². The number of nitrogens with zero attached hydrogens (tertiary/aromatic N) is 2. The molecule has 0 aromatic carbocycles. The van der Waals surface area contributed by atoms with E-state index in [9.17, 15) is 4.39 Å². The molecule has 86 valence electrons. The monoisotopic (exact) mass is 221 g/mol. The van der Waals surface area contributed by atoms with E-state index < -0.39 is 5.95 Å². The lowest BCUT2D eigenvalue weighted by molar-refractivity contribution is 0.563. The standard InChI is InChI=1S/C12H16FN3/c13-12-4-3-11(7-14-12)16-6-5-9-1-2-10(8-16)15-9/h3-4,7,9-10,15H,1-2,5-6,8H2/t9-,10+/m0/s1. The number of anilines is 1. The minimum absolute atomic E-state index is 0.404. The van der Waals surface area contributed by atoms with E-state index in [2.05, 4.69) is 15.2 Å². The fourth-order valence-electron chi connectivity index (χ4n) is 2.73. The van der Waals surface area contributed by atoms with Crippen molar-refractivity contribution in [3.63, 3.8) is 0 Å². The molecule has 1 aromatic rings. The van der Waals surface area contributed by atoms with Gasteiger partial charge in [-0.1, -0.05) is 0 Å². The molecule has 3 rings (SSSR count). The quantitative estimate of drug-likeness (QED) is 0.729. The van der Waals surface area contributed by atoms with Crippen LogP contribution in [0.15, 0.2) is 18.3 Å². The molecule has 0 unspecified atom stereocenters. The van der Waals surface area contributed by atoms with Gasteiger partial charge in [0.05, 0.1) is 11.9 Å². The van der Waals surface area contributed by atoms with Crippen molar-refractivity contribution >= 4 is 5.69 Å². The third kappa shape index (κ3) is 1.89. The van der Waals surface area contributed by atoms with Crippen LogP contribution in [0.3, 0.4) is 0 Å². The maximum atomic E-state index is 12.7. The number of rotatable bonds is 1. The zero-order chi connectivity index (χ0) is 11.0. The molecule has 0 amide bonds. The highest BCUT2D eigenvalue weighted by Gasteiger charge is 2.29. The van der Waals surface area contributed by atoms with Crippen LogP contribution in [-0.2, 0) is 0 Å². The molecule has 2 aliphatic rings. The van der Waals surface area contributed by atoms with Crippen LogP contribution in [0.2, 0.25) is 0 Å². The fourth-order valence-corrected chi connectivity index (χ4v) is 2.73. The Morgan fingerprint density at radius 1 is 1.25 bits per heavy atom. The highest BCUT2D eigenvalue weighted by atomic mass is 19.1. The molecular formula is C12H16FN3. The molecule has 2 bridgehead atoms. The van der Waals surface area contributed by atoms with Gasteiger partial charge in [0, 0.05) is 25.2 Å². The molecule has 1 aromatic heterocycles. The number of halogens is 1. The highest BCUT2D eigenvalue weighted by Crippen LogP contribution is 2.24. The lowest BCUT2D eigenvalue weighted by Crippen LogP contribution is -2.35. The van der Waals surface area contributed by atoms with Crippen molar-refractivity contribution < 1.29 is 4.39 Å². The zero-order valence-corrected chi connectivity index (χ0v) is 9.19. The number of fused-ring (bicyclic) bond motifs is 2. The summed E-state index contributed by atoms with van der Waals surface area (Å²) >= 11 is 0. The molecule has 0 spiro atoms. The van der Waals surface area contributed by atoms with Gasteiger partial charge in [-0.2, -0.15) is 4.39 Å². The Kier molecular flexibility index (Phi) is 2.52. The second-order valence-corrected chi connectivity index (χ2v) is 4.71. The van der Waals surface area contributed by atoms with Crippen LogP contribution >= 0.6 is 0 Å². The Hall–Kier alpha value is -1.16. The number of hydrogen-bond acceptors (Lipinski definition) is 3. The zero-order valence-electron chi connectivity index (χ0n) is 9.19. The lowest BCUT2D eigenvalue weighted by Gasteiger charge is -2.25. The summed E-state index contributed by atoms with van der Waals surface area (Å²) in [5.41, 5.74) is 1.04. The number of aromatic nitrogens is 1. The van der Waals surface area contributed by atoms with Crippen molar-refractivity contribution in [3.8, 4) is 0 Å². The number of pyridine rings is 1. The van der Waals surface area contributed by atoms with Crippen molar-refractivity contribution in [1.29, 1.82) is 0 Å². The van der Waals surface area contributed by atoms with Crippen molar-refractivity contribution in [3.05, 3.63) is 24.3 Å². The first-order valence-corrected chi connectivity index (χ1v) is 5.94. The SMILES string of the molecule is Fc1ccc(N2CC[C@@H]3CC[C@H](C2)N3)cn1. The van der Waals surface area contributed by atoms with Crippen LogP contribution in [0, 0.1) is 5.95 Å². The Bertz CT molecular complexity index is 365. The molecule has 16 heavy (non-hydrogen) atoms.